The first-order valence-electron chi connectivity index (χ1n) is 11.2. The third kappa shape index (κ3) is 6.12. The Bertz CT molecular complexity index is 877. The number of guanidine groups is 1. The summed E-state index contributed by atoms with van der Waals surface area (Å²) in [6, 6.07) is 6.44. The number of aliphatic imine (C=N–C) groups is 1. The molecule has 1 aliphatic rings. The van der Waals surface area contributed by atoms with E-state index in [0.29, 0.717) is 18.6 Å². The van der Waals surface area contributed by atoms with Gasteiger partial charge in [-0.2, -0.15) is 5.10 Å². The van der Waals surface area contributed by atoms with Crippen molar-refractivity contribution < 1.29 is 9.47 Å². The van der Waals surface area contributed by atoms with E-state index in [9.17, 15) is 0 Å². The summed E-state index contributed by atoms with van der Waals surface area (Å²) >= 11 is 0. The number of nitrogens with one attached hydrogen (secondary N) is 2. The molecule has 0 fully saturated rings. The Kier molecular flexibility index (Phi) is 8.14. The van der Waals surface area contributed by atoms with E-state index in [0.717, 1.165) is 67.9 Å². The zero-order valence-corrected chi connectivity index (χ0v) is 19.4. The second-order valence-corrected chi connectivity index (χ2v) is 8.12. The van der Waals surface area contributed by atoms with Gasteiger partial charge in [-0.05, 0) is 43.9 Å². The predicted octanol–water partition coefficient (Wildman–Crippen LogP) is 2.92. The molecule has 1 aromatic carbocycles. The lowest BCUT2D eigenvalue weighted by Crippen LogP contribution is -2.47. The van der Waals surface area contributed by atoms with Gasteiger partial charge in [0.2, 0.25) is 0 Å². The van der Waals surface area contributed by atoms with Gasteiger partial charge in [0.1, 0.15) is 5.82 Å². The van der Waals surface area contributed by atoms with E-state index in [4.69, 9.17) is 9.47 Å². The van der Waals surface area contributed by atoms with Crippen LogP contribution in [0.15, 0.2) is 23.2 Å². The van der Waals surface area contributed by atoms with Crippen LogP contribution in [-0.4, -0.2) is 54.1 Å². The van der Waals surface area contributed by atoms with Crippen molar-refractivity contribution in [3.63, 3.8) is 0 Å². The summed E-state index contributed by atoms with van der Waals surface area (Å²) in [5.41, 5.74) is 1.24. The lowest BCUT2D eigenvalue weighted by atomic mass is 10.1. The number of ether oxygens (including phenoxy) is 2. The molecule has 0 aliphatic carbocycles. The Morgan fingerprint density at radius 2 is 2.16 bits per heavy atom. The maximum atomic E-state index is 5.67. The number of aromatic nitrogens is 3. The van der Waals surface area contributed by atoms with E-state index in [1.807, 2.05) is 24.7 Å². The molecule has 0 radical (unpaired) electrons. The van der Waals surface area contributed by atoms with Crippen LogP contribution in [0.3, 0.4) is 0 Å². The first kappa shape index (κ1) is 22.9. The molecule has 0 saturated heterocycles. The van der Waals surface area contributed by atoms with Crippen molar-refractivity contribution in [1.29, 1.82) is 0 Å². The van der Waals surface area contributed by atoms with Crippen molar-refractivity contribution >= 4 is 5.96 Å². The minimum absolute atomic E-state index is 0.302. The Balaban J connectivity index is 1.45. The number of hydrogen-bond donors (Lipinski definition) is 2. The zero-order chi connectivity index (χ0) is 22.2. The first-order chi connectivity index (χ1) is 15.0. The molecule has 2 aromatic rings. The number of rotatable bonds is 9. The fourth-order valence-electron chi connectivity index (χ4n) is 3.72. The van der Waals surface area contributed by atoms with Crippen LogP contribution in [0.4, 0.5) is 0 Å². The van der Waals surface area contributed by atoms with Crippen LogP contribution in [0.5, 0.6) is 11.5 Å². The Hall–Kier alpha value is -2.77. The van der Waals surface area contributed by atoms with Crippen molar-refractivity contribution in [2.24, 2.45) is 4.99 Å². The summed E-state index contributed by atoms with van der Waals surface area (Å²) in [7, 11) is 3.48. The Morgan fingerprint density at radius 1 is 1.32 bits per heavy atom. The summed E-state index contributed by atoms with van der Waals surface area (Å²) < 4.78 is 13.1. The number of aryl methyl sites for hydroxylation is 2. The number of hydrogen-bond acceptors (Lipinski definition) is 5. The van der Waals surface area contributed by atoms with Gasteiger partial charge >= 0.3 is 0 Å². The van der Waals surface area contributed by atoms with Gasteiger partial charge in [0, 0.05) is 32.0 Å². The molecule has 0 bridgehead atoms. The number of methoxy groups -OCH3 is 1. The molecule has 0 saturated carbocycles. The number of fused-ring (bicyclic) bond motifs is 1. The lowest BCUT2D eigenvalue weighted by molar-refractivity contribution is 0.310. The number of nitrogens with zero attached hydrogens (tertiary/aromatic N) is 4. The minimum Gasteiger partial charge on any atom is -0.493 e. The molecule has 1 atom stereocenters. The molecular weight excluding hydrogens is 392 g/mol. The quantitative estimate of drug-likeness (QED) is 0.363. The highest BCUT2D eigenvalue weighted by molar-refractivity contribution is 5.79. The summed E-state index contributed by atoms with van der Waals surface area (Å²) in [6.45, 7) is 8.53. The van der Waals surface area contributed by atoms with Crippen LogP contribution in [-0.2, 0) is 19.4 Å². The molecule has 8 heteroatoms. The van der Waals surface area contributed by atoms with E-state index in [1.165, 1.54) is 5.56 Å². The van der Waals surface area contributed by atoms with Crippen LogP contribution in [0.2, 0.25) is 0 Å². The minimum atomic E-state index is 0.302. The molecule has 0 spiro atoms. The summed E-state index contributed by atoms with van der Waals surface area (Å²) in [5, 5.41) is 11.6. The van der Waals surface area contributed by atoms with Crippen molar-refractivity contribution in [3.8, 4) is 11.5 Å². The van der Waals surface area contributed by atoms with Crippen LogP contribution in [0.1, 0.15) is 56.7 Å². The van der Waals surface area contributed by atoms with Crippen molar-refractivity contribution in [2.45, 2.75) is 65.0 Å². The maximum Gasteiger partial charge on any atom is 0.191 e. The SMILES string of the molecule is CCOc1cc(CCCNC(=NC)NC2CCc3nc(C(C)C)nn3C2)ccc1OC. The summed E-state index contributed by atoms with van der Waals surface area (Å²) in [5.74, 6) is 4.80. The normalized spacial score (nSPS) is 16.2. The van der Waals surface area contributed by atoms with E-state index in [2.05, 4.69) is 51.7 Å². The molecule has 3 rings (SSSR count). The summed E-state index contributed by atoms with van der Waals surface area (Å²) in [6.07, 6.45) is 3.92. The highest BCUT2D eigenvalue weighted by Crippen LogP contribution is 2.28. The Morgan fingerprint density at radius 3 is 2.87 bits per heavy atom. The fraction of sp³-hybridized carbons (Fsp3) is 0.609. The monoisotopic (exact) mass is 428 g/mol. The van der Waals surface area contributed by atoms with Gasteiger partial charge in [-0.15, -0.1) is 0 Å². The summed E-state index contributed by atoms with van der Waals surface area (Å²) in [4.78, 5) is 9.05. The average molecular weight is 429 g/mol. The topological polar surface area (TPSA) is 85.6 Å². The van der Waals surface area contributed by atoms with E-state index in [-0.39, 0.29) is 0 Å². The van der Waals surface area contributed by atoms with Crippen molar-refractivity contribution in [3.05, 3.63) is 35.4 Å². The fourth-order valence-corrected chi connectivity index (χ4v) is 3.72. The first-order valence-corrected chi connectivity index (χ1v) is 11.2. The molecular formula is C23H36N6O2. The van der Waals surface area contributed by atoms with E-state index >= 15 is 0 Å². The standard InChI is InChI=1S/C23H36N6O2/c1-6-31-20-14-17(9-11-19(20)30-5)8-7-13-25-23(24-4)26-18-10-12-21-27-22(16(2)3)28-29(21)15-18/h9,11,14,16,18H,6-8,10,12-13,15H2,1-5H3,(H2,24,25,26). The molecule has 0 amide bonds. The number of benzene rings is 1. The second kappa shape index (κ2) is 11.0. The largest absolute Gasteiger partial charge is 0.493 e. The Labute approximate surface area is 185 Å². The maximum absolute atomic E-state index is 5.67. The van der Waals surface area contributed by atoms with Crippen LogP contribution < -0.4 is 20.1 Å². The van der Waals surface area contributed by atoms with Gasteiger partial charge in [0.15, 0.2) is 23.3 Å². The average Bonchev–Trinajstić information content (AvgIpc) is 3.20. The van der Waals surface area contributed by atoms with E-state index in [1.54, 1.807) is 7.11 Å². The zero-order valence-electron chi connectivity index (χ0n) is 19.4. The van der Waals surface area contributed by atoms with Gasteiger partial charge < -0.3 is 20.1 Å². The molecule has 1 aromatic heterocycles. The van der Waals surface area contributed by atoms with Gasteiger partial charge in [-0.3, -0.25) is 4.99 Å². The smallest absolute Gasteiger partial charge is 0.191 e. The molecule has 8 nitrogen and oxygen atoms in total. The van der Waals surface area contributed by atoms with Crippen LogP contribution >= 0.6 is 0 Å². The van der Waals surface area contributed by atoms with Gasteiger partial charge in [0.25, 0.3) is 0 Å². The van der Waals surface area contributed by atoms with Crippen molar-refractivity contribution in [1.82, 2.24) is 25.4 Å². The molecule has 2 N–H and O–H groups in total. The highest BCUT2D eigenvalue weighted by Gasteiger charge is 2.23. The van der Waals surface area contributed by atoms with Crippen LogP contribution in [0.25, 0.3) is 0 Å². The van der Waals surface area contributed by atoms with Crippen LogP contribution in [0, 0.1) is 0 Å². The predicted molar refractivity (Wildman–Crippen MR) is 123 cm³/mol. The molecule has 1 aliphatic heterocycles. The molecule has 2 heterocycles. The molecule has 31 heavy (non-hydrogen) atoms. The highest BCUT2D eigenvalue weighted by atomic mass is 16.5. The lowest BCUT2D eigenvalue weighted by Gasteiger charge is -2.25. The third-order valence-corrected chi connectivity index (χ3v) is 5.42. The third-order valence-electron chi connectivity index (χ3n) is 5.42. The van der Waals surface area contributed by atoms with Gasteiger partial charge in [-0.1, -0.05) is 19.9 Å². The van der Waals surface area contributed by atoms with E-state index < -0.39 is 0 Å². The molecule has 1 unspecified atom stereocenters. The second-order valence-electron chi connectivity index (χ2n) is 8.12. The van der Waals surface area contributed by atoms with Gasteiger partial charge in [0.05, 0.1) is 20.3 Å². The van der Waals surface area contributed by atoms with Crippen molar-refractivity contribution in [2.75, 3.05) is 27.3 Å². The molecule has 170 valence electrons. The van der Waals surface area contributed by atoms with Gasteiger partial charge in [-0.25, -0.2) is 9.67 Å².